The number of aldehydes is 1. The Bertz CT molecular complexity index is 375. The highest BCUT2D eigenvalue weighted by Gasteiger charge is 2.04. The Morgan fingerprint density at radius 1 is 1.58 bits per heavy atom. The SMILES string of the molecule is O=Cc1cnc(-c2ccc[nH]2)o1. The molecule has 2 aromatic heterocycles. The number of oxazole rings is 1. The molecule has 2 heterocycles. The van der Waals surface area contributed by atoms with Crippen LogP contribution in [0.15, 0.2) is 28.9 Å². The molecule has 0 aliphatic carbocycles. The Morgan fingerprint density at radius 2 is 2.50 bits per heavy atom. The van der Waals surface area contributed by atoms with Crippen LogP contribution in [0.1, 0.15) is 10.6 Å². The minimum absolute atomic E-state index is 0.236. The van der Waals surface area contributed by atoms with E-state index in [-0.39, 0.29) is 5.76 Å². The molecule has 0 atom stereocenters. The van der Waals surface area contributed by atoms with Crippen molar-refractivity contribution in [2.75, 3.05) is 0 Å². The van der Waals surface area contributed by atoms with Gasteiger partial charge in [-0.2, -0.15) is 0 Å². The number of H-pyrrole nitrogens is 1. The van der Waals surface area contributed by atoms with E-state index in [2.05, 4.69) is 9.97 Å². The summed E-state index contributed by atoms with van der Waals surface area (Å²) in [6, 6.07) is 3.65. The molecule has 0 unspecified atom stereocenters. The quantitative estimate of drug-likeness (QED) is 0.680. The van der Waals surface area contributed by atoms with Gasteiger partial charge in [0.2, 0.25) is 5.89 Å². The minimum atomic E-state index is 0.236. The van der Waals surface area contributed by atoms with Crippen LogP contribution in [0.3, 0.4) is 0 Å². The van der Waals surface area contributed by atoms with Crippen LogP contribution in [0.2, 0.25) is 0 Å². The van der Waals surface area contributed by atoms with Crippen LogP contribution in [0.4, 0.5) is 0 Å². The lowest BCUT2D eigenvalue weighted by molar-refractivity contribution is 0.110. The van der Waals surface area contributed by atoms with Crippen molar-refractivity contribution < 1.29 is 9.21 Å². The number of nitrogens with zero attached hydrogens (tertiary/aromatic N) is 1. The number of hydrogen-bond donors (Lipinski definition) is 1. The van der Waals surface area contributed by atoms with E-state index in [1.54, 1.807) is 6.20 Å². The van der Waals surface area contributed by atoms with Gasteiger partial charge < -0.3 is 9.40 Å². The number of rotatable bonds is 2. The lowest BCUT2D eigenvalue weighted by Crippen LogP contribution is -1.73. The second kappa shape index (κ2) is 2.65. The highest BCUT2D eigenvalue weighted by atomic mass is 16.4. The van der Waals surface area contributed by atoms with Crippen molar-refractivity contribution in [2.45, 2.75) is 0 Å². The molecule has 12 heavy (non-hydrogen) atoms. The molecule has 2 rings (SSSR count). The number of nitrogens with one attached hydrogen (secondary N) is 1. The summed E-state index contributed by atoms with van der Waals surface area (Å²) in [6.45, 7) is 0. The van der Waals surface area contributed by atoms with Gasteiger partial charge in [0.05, 0.1) is 6.20 Å². The van der Waals surface area contributed by atoms with Crippen LogP contribution in [0.5, 0.6) is 0 Å². The topological polar surface area (TPSA) is 58.9 Å². The third kappa shape index (κ3) is 1.03. The van der Waals surface area contributed by atoms with Crippen LogP contribution in [0, 0.1) is 0 Å². The van der Waals surface area contributed by atoms with Gasteiger partial charge in [0.25, 0.3) is 0 Å². The summed E-state index contributed by atoms with van der Waals surface area (Å²) in [5, 5.41) is 0. The summed E-state index contributed by atoms with van der Waals surface area (Å²) in [5.74, 6) is 0.668. The number of hydrogen-bond acceptors (Lipinski definition) is 3. The molecule has 0 spiro atoms. The van der Waals surface area contributed by atoms with Gasteiger partial charge in [-0.15, -0.1) is 0 Å². The van der Waals surface area contributed by atoms with Gasteiger partial charge in [-0.3, -0.25) is 4.79 Å². The molecule has 0 radical (unpaired) electrons. The van der Waals surface area contributed by atoms with E-state index in [0.717, 1.165) is 5.69 Å². The van der Waals surface area contributed by atoms with Gasteiger partial charge in [0, 0.05) is 6.20 Å². The van der Waals surface area contributed by atoms with E-state index in [1.807, 2.05) is 12.1 Å². The zero-order chi connectivity index (χ0) is 8.39. The zero-order valence-electron chi connectivity index (χ0n) is 6.15. The fourth-order valence-corrected chi connectivity index (χ4v) is 0.929. The third-order valence-corrected chi connectivity index (χ3v) is 1.47. The van der Waals surface area contributed by atoms with E-state index in [0.29, 0.717) is 12.2 Å². The second-order valence-corrected chi connectivity index (χ2v) is 2.27. The molecule has 0 saturated carbocycles. The Morgan fingerprint density at radius 3 is 3.08 bits per heavy atom. The van der Waals surface area contributed by atoms with E-state index >= 15 is 0 Å². The van der Waals surface area contributed by atoms with Gasteiger partial charge >= 0.3 is 0 Å². The first-order valence-electron chi connectivity index (χ1n) is 3.45. The van der Waals surface area contributed by atoms with E-state index in [4.69, 9.17) is 4.42 Å². The first-order chi connectivity index (χ1) is 5.90. The lowest BCUT2D eigenvalue weighted by Gasteiger charge is -1.86. The zero-order valence-corrected chi connectivity index (χ0v) is 6.15. The van der Waals surface area contributed by atoms with Gasteiger partial charge in [-0.1, -0.05) is 0 Å². The Hall–Kier alpha value is -1.84. The molecule has 4 nitrogen and oxygen atoms in total. The van der Waals surface area contributed by atoms with Crippen molar-refractivity contribution in [1.82, 2.24) is 9.97 Å². The summed E-state index contributed by atoms with van der Waals surface area (Å²) >= 11 is 0. The van der Waals surface area contributed by atoms with Crippen molar-refractivity contribution in [2.24, 2.45) is 0 Å². The molecule has 0 aliphatic rings. The molecular weight excluding hydrogens is 156 g/mol. The molecule has 0 bridgehead atoms. The Kier molecular flexibility index (Phi) is 1.51. The number of carbonyl (C=O) groups is 1. The normalized spacial score (nSPS) is 10.0. The maximum absolute atomic E-state index is 10.2. The molecule has 1 N–H and O–H groups in total. The van der Waals surface area contributed by atoms with E-state index < -0.39 is 0 Å². The van der Waals surface area contributed by atoms with Crippen molar-refractivity contribution >= 4 is 6.29 Å². The monoisotopic (exact) mass is 162 g/mol. The summed E-state index contributed by atoms with van der Waals surface area (Å²) in [6.07, 6.45) is 3.78. The molecule has 4 heteroatoms. The summed E-state index contributed by atoms with van der Waals surface area (Å²) in [7, 11) is 0. The van der Waals surface area contributed by atoms with Crippen molar-refractivity contribution in [3.8, 4) is 11.6 Å². The predicted molar refractivity (Wildman–Crippen MR) is 41.7 cm³/mol. The third-order valence-electron chi connectivity index (χ3n) is 1.47. The van der Waals surface area contributed by atoms with Crippen molar-refractivity contribution in [3.63, 3.8) is 0 Å². The standard InChI is InChI=1S/C8H6N2O2/c11-5-6-4-10-8(12-6)7-2-1-3-9-7/h1-5,9H. The Labute approximate surface area is 68.2 Å². The number of aromatic nitrogens is 2. The number of carbonyl (C=O) groups excluding carboxylic acids is 1. The fourth-order valence-electron chi connectivity index (χ4n) is 0.929. The molecule has 60 valence electrons. The Balaban J connectivity index is 2.41. The summed E-state index contributed by atoms with van der Waals surface area (Å²) < 4.78 is 5.07. The van der Waals surface area contributed by atoms with E-state index in [1.165, 1.54) is 6.20 Å². The molecule has 0 saturated heterocycles. The predicted octanol–water partition coefficient (Wildman–Crippen LogP) is 1.48. The fraction of sp³-hybridized carbons (Fsp3) is 0. The highest BCUT2D eigenvalue weighted by molar-refractivity contribution is 5.70. The number of aromatic amines is 1. The van der Waals surface area contributed by atoms with Gasteiger partial charge in [-0.25, -0.2) is 4.98 Å². The molecule has 2 aromatic rings. The van der Waals surface area contributed by atoms with Crippen molar-refractivity contribution in [1.29, 1.82) is 0 Å². The lowest BCUT2D eigenvalue weighted by atomic mass is 10.4. The highest BCUT2D eigenvalue weighted by Crippen LogP contribution is 2.15. The second-order valence-electron chi connectivity index (χ2n) is 2.27. The maximum atomic E-state index is 10.2. The smallest absolute Gasteiger partial charge is 0.243 e. The van der Waals surface area contributed by atoms with Crippen LogP contribution < -0.4 is 0 Å². The average molecular weight is 162 g/mol. The van der Waals surface area contributed by atoms with Crippen LogP contribution in [0.25, 0.3) is 11.6 Å². The van der Waals surface area contributed by atoms with Gasteiger partial charge in [-0.05, 0) is 12.1 Å². The van der Waals surface area contributed by atoms with Gasteiger partial charge in [0.1, 0.15) is 5.69 Å². The minimum Gasteiger partial charge on any atom is -0.432 e. The maximum Gasteiger partial charge on any atom is 0.243 e. The molecule has 0 fully saturated rings. The van der Waals surface area contributed by atoms with Crippen LogP contribution in [-0.2, 0) is 0 Å². The molecule has 0 aliphatic heterocycles. The average Bonchev–Trinajstić information content (AvgIpc) is 2.75. The molecule has 0 aromatic carbocycles. The summed E-state index contributed by atoms with van der Waals surface area (Å²) in [4.78, 5) is 17.1. The molecule has 0 amide bonds. The first kappa shape index (κ1) is 6.84. The largest absolute Gasteiger partial charge is 0.432 e. The first-order valence-corrected chi connectivity index (χ1v) is 3.45. The summed E-state index contributed by atoms with van der Waals surface area (Å²) in [5.41, 5.74) is 0.767. The van der Waals surface area contributed by atoms with Crippen LogP contribution >= 0.6 is 0 Å². The molecular formula is C8H6N2O2. The van der Waals surface area contributed by atoms with E-state index in [9.17, 15) is 4.79 Å². The van der Waals surface area contributed by atoms with Crippen LogP contribution in [-0.4, -0.2) is 16.3 Å². The van der Waals surface area contributed by atoms with Gasteiger partial charge in [0.15, 0.2) is 12.0 Å². The van der Waals surface area contributed by atoms with Crippen molar-refractivity contribution in [3.05, 3.63) is 30.3 Å².